The predicted molar refractivity (Wildman–Crippen MR) is 88.7 cm³/mol. The summed E-state index contributed by atoms with van der Waals surface area (Å²) in [5.74, 6) is 0.619. The summed E-state index contributed by atoms with van der Waals surface area (Å²) < 4.78 is 0. The third kappa shape index (κ3) is 3.46. The van der Waals surface area contributed by atoms with Crippen molar-refractivity contribution in [2.45, 2.75) is 40.5 Å². The minimum absolute atomic E-state index is 0.209. The summed E-state index contributed by atoms with van der Waals surface area (Å²) in [6, 6.07) is 6.30. The molecule has 0 aliphatic carbocycles. The van der Waals surface area contributed by atoms with Gasteiger partial charge in [0.05, 0.1) is 0 Å². The maximum absolute atomic E-state index is 13.0. The second-order valence-corrected chi connectivity index (χ2v) is 6.98. The van der Waals surface area contributed by atoms with Gasteiger partial charge in [-0.15, -0.1) is 0 Å². The molecular weight excluding hydrogens is 260 g/mol. The van der Waals surface area contributed by atoms with Crippen LogP contribution in [0.1, 0.15) is 37.8 Å². The lowest BCUT2D eigenvalue weighted by Gasteiger charge is -2.38. The molecular formula is C18H28N2O. The molecule has 1 fully saturated rings. The fourth-order valence-corrected chi connectivity index (χ4v) is 3.34. The fourth-order valence-electron chi connectivity index (χ4n) is 3.34. The Bertz CT molecular complexity index is 496. The second-order valence-electron chi connectivity index (χ2n) is 6.98. The van der Waals surface area contributed by atoms with E-state index in [2.05, 4.69) is 51.2 Å². The zero-order valence-electron chi connectivity index (χ0n) is 14.0. The molecule has 1 N–H and O–H groups in total. The quantitative estimate of drug-likeness (QED) is 0.925. The zero-order valence-corrected chi connectivity index (χ0v) is 14.0. The fraction of sp³-hybridized carbons (Fsp3) is 0.611. The summed E-state index contributed by atoms with van der Waals surface area (Å²) in [4.78, 5) is 14.8. The van der Waals surface area contributed by atoms with Crippen LogP contribution in [0.2, 0.25) is 0 Å². The summed E-state index contributed by atoms with van der Waals surface area (Å²) >= 11 is 0. The van der Waals surface area contributed by atoms with Gasteiger partial charge in [0.15, 0.2) is 0 Å². The van der Waals surface area contributed by atoms with Crippen LogP contribution in [0.25, 0.3) is 0 Å². The van der Waals surface area contributed by atoms with Gasteiger partial charge in [0, 0.05) is 18.2 Å². The molecule has 1 aliphatic rings. The number of benzene rings is 1. The minimum Gasteiger partial charge on any atom is -0.316 e. The minimum atomic E-state index is -0.334. The Morgan fingerprint density at radius 2 is 1.86 bits per heavy atom. The van der Waals surface area contributed by atoms with E-state index in [9.17, 15) is 4.79 Å². The summed E-state index contributed by atoms with van der Waals surface area (Å²) in [5, 5.41) is 3.42. The summed E-state index contributed by atoms with van der Waals surface area (Å²) in [7, 11) is 1.90. The van der Waals surface area contributed by atoms with Gasteiger partial charge < -0.3 is 10.2 Å². The molecule has 0 aromatic heterocycles. The maximum atomic E-state index is 13.0. The van der Waals surface area contributed by atoms with Crippen molar-refractivity contribution in [3.05, 3.63) is 29.3 Å². The second kappa shape index (κ2) is 6.18. The number of hydrogen-bond donors (Lipinski definition) is 1. The van der Waals surface area contributed by atoms with Crippen LogP contribution in [0.5, 0.6) is 0 Å². The van der Waals surface area contributed by atoms with Crippen LogP contribution >= 0.6 is 0 Å². The summed E-state index contributed by atoms with van der Waals surface area (Å²) in [6.45, 7) is 10.3. The number of carbonyl (C=O) groups is 1. The van der Waals surface area contributed by atoms with E-state index in [4.69, 9.17) is 0 Å². The summed E-state index contributed by atoms with van der Waals surface area (Å²) in [5.41, 5.74) is 3.05. The number of hydrogen-bond acceptors (Lipinski definition) is 2. The molecule has 1 aromatic rings. The highest BCUT2D eigenvalue weighted by atomic mass is 16.2. The lowest BCUT2D eigenvalue weighted by molar-refractivity contribution is -0.129. The molecule has 21 heavy (non-hydrogen) atoms. The van der Waals surface area contributed by atoms with Gasteiger partial charge in [0.2, 0.25) is 5.91 Å². The highest BCUT2D eigenvalue weighted by molar-refractivity contribution is 5.97. The van der Waals surface area contributed by atoms with E-state index in [1.807, 2.05) is 11.9 Å². The Morgan fingerprint density at radius 1 is 1.24 bits per heavy atom. The average molecular weight is 288 g/mol. The van der Waals surface area contributed by atoms with E-state index >= 15 is 0 Å². The number of anilines is 1. The van der Waals surface area contributed by atoms with Crippen molar-refractivity contribution in [3.8, 4) is 0 Å². The molecule has 3 nitrogen and oxygen atoms in total. The van der Waals surface area contributed by atoms with E-state index in [0.29, 0.717) is 5.92 Å². The molecule has 1 heterocycles. The number of carbonyl (C=O) groups excluding carboxylic acids is 1. The average Bonchev–Trinajstić information content (AvgIpc) is 2.45. The number of amides is 1. The smallest absolute Gasteiger partial charge is 0.232 e. The van der Waals surface area contributed by atoms with E-state index in [0.717, 1.165) is 31.6 Å². The van der Waals surface area contributed by atoms with Gasteiger partial charge in [-0.1, -0.05) is 19.9 Å². The molecule has 1 unspecified atom stereocenters. The Labute approximate surface area is 128 Å². The van der Waals surface area contributed by atoms with Crippen LogP contribution in [0, 0.1) is 25.2 Å². The van der Waals surface area contributed by atoms with E-state index in [-0.39, 0.29) is 11.3 Å². The Balaban J connectivity index is 2.20. The van der Waals surface area contributed by atoms with Gasteiger partial charge >= 0.3 is 0 Å². The van der Waals surface area contributed by atoms with Crippen molar-refractivity contribution in [2.75, 3.05) is 25.0 Å². The number of nitrogens with zero attached hydrogens (tertiary/aromatic N) is 1. The highest BCUT2D eigenvalue weighted by Gasteiger charge is 2.39. The van der Waals surface area contributed by atoms with Crippen LogP contribution in [-0.2, 0) is 4.79 Å². The number of nitrogens with one attached hydrogen (secondary N) is 1. The Morgan fingerprint density at radius 3 is 2.38 bits per heavy atom. The predicted octanol–water partition coefficient (Wildman–Crippen LogP) is 3.29. The molecule has 1 amide bonds. The SMILES string of the molecule is Cc1cc(C)cc(N(C)C(=O)C(C)(C)C2CCCNC2)c1. The van der Waals surface area contributed by atoms with E-state index in [1.165, 1.54) is 11.1 Å². The van der Waals surface area contributed by atoms with Crippen molar-refractivity contribution in [1.82, 2.24) is 5.32 Å². The summed E-state index contributed by atoms with van der Waals surface area (Å²) in [6.07, 6.45) is 2.29. The molecule has 1 aromatic carbocycles. The molecule has 1 aliphatic heterocycles. The van der Waals surface area contributed by atoms with Crippen molar-refractivity contribution in [3.63, 3.8) is 0 Å². The first kappa shape index (κ1) is 16.0. The molecule has 0 radical (unpaired) electrons. The maximum Gasteiger partial charge on any atom is 0.232 e. The highest BCUT2D eigenvalue weighted by Crippen LogP contribution is 2.34. The van der Waals surface area contributed by atoms with Crippen molar-refractivity contribution in [2.24, 2.45) is 11.3 Å². The molecule has 3 heteroatoms. The van der Waals surface area contributed by atoms with E-state index < -0.39 is 0 Å². The van der Waals surface area contributed by atoms with Gasteiger partial charge in [-0.2, -0.15) is 0 Å². The normalized spacial score (nSPS) is 19.4. The van der Waals surface area contributed by atoms with Gasteiger partial charge in [-0.05, 0) is 69.0 Å². The van der Waals surface area contributed by atoms with Gasteiger partial charge in [-0.3, -0.25) is 4.79 Å². The van der Waals surface area contributed by atoms with Crippen LogP contribution in [0.3, 0.4) is 0 Å². The number of piperidine rings is 1. The topological polar surface area (TPSA) is 32.3 Å². The van der Waals surface area contributed by atoms with Crippen LogP contribution < -0.4 is 10.2 Å². The number of rotatable bonds is 3. The van der Waals surface area contributed by atoms with Crippen molar-refractivity contribution in [1.29, 1.82) is 0 Å². The largest absolute Gasteiger partial charge is 0.316 e. The first-order valence-corrected chi connectivity index (χ1v) is 7.89. The third-order valence-electron chi connectivity index (χ3n) is 4.77. The number of aryl methyl sites for hydroxylation is 2. The first-order valence-electron chi connectivity index (χ1n) is 7.89. The lowest BCUT2D eigenvalue weighted by atomic mass is 9.74. The molecule has 1 atom stereocenters. The van der Waals surface area contributed by atoms with Gasteiger partial charge in [0.25, 0.3) is 0 Å². The zero-order chi connectivity index (χ0) is 15.6. The monoisotopic (exact) mass is 288 g/mol. The van der Waals surface area contributed by atoms with Crippen molar-refractivity contribution < 1.29 is 4.79 Å². The molecule has 0 bridgehead atoms. The van der Waals surface area contributed by atoms with Gasteiger partial charge in [0.1, 0.15) is 0 Å². The Kier molecular flexibility index (Phi) is 4.72. The molecule has 0 spiro atoms. The van der Waals surface area contributed by atoms with E-state index in [1.54, 1.807) is 0 Å². The molecule has 1 saturated heterocycles. The molecule has 0 saturated carbocycles. The van der Waals surface area contributed by atoms with Crippen LogP contribution in [0.15, 0.2) is 18.2 Å². The first-order chi connectivity index (χ1) is 9.82. The molecule has 2 rings (SSSR count). The van der Waals surface area contributed by atoms with Crippen LogP contribution in [-0.4, -0.2) is 26.0 Å². The van der Waals surface area contributed by atoms with Crippen LogP contribution in [0.4, 0.5) is 5.69 Å². The third-order valence-corrected chi connectivity index (χ3v) is 4.77. The lowest BCUT2D eigenvalue weighted by Crippen LogP contribution is -2.48. The van der Waals surface area contributed by atoms with Gasteiger partial charge in [-0.25, -0.2) is 0 Å². The molecule has 116 valence electrons. The standard InChI is InChI=1S/C18H28N2O/c1-13-9-14(2)11-16(10-13)20(5)17(21)18(3,4)15-7-6-8-19-12-15/h9-11,15,19H,6-8,12H2,1-5H3. The Hall–Kier alpha value is -1.35. The van der Waals surface area contributed by atoms with Crippen molar-refractivity contribution >= 4 is 11.6 Å².